The van der Waals surface area contributed by atoms with Crippen LogP contribution < -0.4 is 5.73 Å². The summed E-state index contributed by atoms with van der Waals surface area (Å²) in [6.07, 6.45) is 11.7. The normalized spacial score (nSPS) is 14.5. The molecule has 0 amide bonds. The van der Waals surface area contributed by atoms with Gasteiger partial charge in [-0.3, -0.25) is 10.4 Å². The van der Waals surface area contributed by atoms with E-state index >= 15 is 0 Å². The third-order valence-electron chi connectivity index (χ3n) is 5.33. The molecule has 7 nitrogen and oxygen atoms in total. The van der Waals surface area contributed by atoms with Gasteiger partial charge in [0.15, 0.2) is 5.03 Å². The number of pyridine rings is 1. The quantitative estimate of drug-likeness (QED) is 0.322. The molecule has 1 aliphatic carbocycles. The molecule has 0 fully saturated rings. The molecule has 0 bridgehead atoms. The molecule has 1 atom stereocenters. The van der Waals surface area contributed by atoms with E-state index in [0.29, 0.717) is 28.0 Å². The number of aromatic nitrogens is 3. The second-order valence-electron chi connectivity index (χ2n) is 7.45. The highest BCUT2D eigenvalue weighted by atomic mass is 32.2. The Hall–Kier alpha value is -3.85. The molecule has 1 aliphatic rings. The lowest BCUT2D eigenvalue weighted by Gasteiger charge is -2.18. The van der Waals surface area contributed by atoms with Crippen LogP contribution in [0.15, 0.2) is 84.7 Å². The maximum absolute atomic E-state index is 14.0. The third-order valence-corrected chi connectivity index (χ3v) is 7.37. The predicted molar refractivity (Wildman–Crippen MR) is 126 cm³/mol. The molecule has 1 unspecified atom stereocenters. The summed E-state index contributed by atoms with van der Waals surface area (Å²) in [5.74, 6) is -1.02. The Kier molecular flexibility index (Phi) is 6.06. The number of nitrogen functional groups attached to an aromatic ring is 1. The van der Waals surface area contributed by atoms with Crippen molar-refractivity contribution in [1.82, 2.24) is 14.8 Å². The van der Waals surface area contributed by atoms with Crippen LogP contribution in [0.25, 0.3) is 16.8 Å². The topological polar surface area (TPSA) is 115 Å². The summed E-state index contributed by atoms with van der Waals surface area (Å²) in [5, 5.41) is 11.1. The molecule has 168 valence electrons. The van der Waals surface area contributed by atoms with E-state index in [9.17, 15) is 12.8 Å². The summed E-state index contributed by atoms with van der Waals surface area (Å²) < 4.78 is 42.5. The van der Waals surface area contributed by atoms with E-state index in [2.05, 4.69) is 16.7 Å². The van der Waals surface area contributed by atoms with Gasteiger partial charge < -0.3 is 5.73 Å². The maximum Gasteiger partial charge on any atom is 0.214 e. The van der Waals surface area contributed by atoms with Crippen LogP contribution in [0.2, 0.25) is 0 Å². The number of benzene rings is 1. The molecule has 4 rings (SSSR count). The van der Waals surface area contributed by atoms with E-state index < -0.39 is 26.9 Å². The summed E-state index contributed by atoms with van der Waals surface area (Å²) in [5.41, 5.74) is 8.15. The minimum absolute atomic E-state index is 0.214. The highest BCUT2D eigenvalue weighted by molar-refractivity contribution is 7.91. The van der Waals surface area contributed by atoms with Gasteiger partial charge >= 0.3 is 0 Å². The van der Waals surface area contributed by atoms with Crippen molar-refractivity contribution in [2.75, 3.05) is 0 Å². The molecule has 0 saturated heterocycles. The van der Waals surface area contributed by atoms with Gasteiger partial charge in [-0.2, -0.15) is 9.78 Å². The van der Waals surface area contributed by atoms with Crippen molar-refractivity contribution in [3.63, 3.8) is 0 Å². The van der Waals surface area contributed by atoms with Gasteiger partial charge in [-0.1, -0.05) is 36.4 Å². The van der Waals surface area contributed by atoms with Crippen molar-refractivity contribution in [3.05, 3.63) is 96.6 Å². The first-order chi connectivity index (χ1) is 15.8. The SMILES string of the molecule is C=CC(c1ccc(F)cc1)S(=O)(=O)c1c(C2=CCCC=C2)c(-c2ccncc2)nn1C(=N)N. The minimum atomic E-state index is -4.21. The molecule has 33 heavy (non-hydrogen) atoms. The van der Waals surface area contributed by atoms with Gasteiger partial charge in [0.05, 0.1) is 0 Å². The van der Waals surface area contributed by atoms with Crippen molar-refractivity contribution in [3.8, 4) is 11.3 Å². The summed E-state index contributed by atoms with van der Waals surface area (Å²) >= 11 is 0. The lowest BCUT2D eigenvalue weighted by Crippen LogP contribution is -2.27. The van der Waals surface area contributed by atoms with Crippen LogP contribution in [-0.2, 0) is 9.84 Å². The lowest BCUT2D eigenvalue weighted by molar-refractivity contribution is 0.581. The molecular formula is C24H22FN5O2S. The smallest absolute Gasteiger partial charge is 0.214 e. The largest absolute Gasteiger partial charge is 0.368 e. The van der Waals surface area contributed by atoms with E-state index in [1.807, 2.05) is 18.2 Å². The third kappa shape index (κ3) is 4.14. The maximum atomic E-state index is 14.0. The zero-order valence-corrected chi connectivity index (χ0v) is 18.5. The van der Waals surface area contributed by atoms with Crippen LogP contribution in [0.1, 0.15) is 29.2 Å². The molecule has 0 radical (unpaired) electrons. The summed E-state index contributed by atoms with van der Waals surface area (Å²) in [6.45, 7) is 3.71. The minimum Gasteiger partial charge on any atom is -0.368 e. The zero-order valence-electron chi connectivity index (χ0n) is 17.6. The molecule has 3 aromatic rings. The molecular weight excluding hydrogens is 441 g/mol. The lowest BCUT2D eigenvalue weighted by atomic mass is 9.97. The van der Waals surface area contributed by atoms with Gasteiger partial charge in [-0.15, -0.1) is 6.58 Å². The molecule has 0 aliphatic heterocycles. The van der Waals surface area contributed by atoms with E-state index in [1.54, 1.807) is 24.5 Å². The van der Waals surface area contributed by atoms with Crippen LogP contribution in [0.3, 0.4) is 0 Å². The van der Waals surface area contributed by atoms with Crippen molar-refractivity contribution >= 4 is 21.4 Å². The fraction of sp³-hybridized carbons (Fsp3) is 0.125. The number of nitrogens with one attached hydrogen (secondary N) is 1. The Morgan fingerprint density at radius 2 is 1.88 bits per heavy atom. The van der Waals surface area contributed by atoms with Crippen molar-refractivity contribution in [2.45, 2.75) is 23.1 Å². The fourth-order valence-electron chi connectivity index (χ4n) is 3.81. The van der Waals surface area contributed by atoms with Crippen LogP contribution in [0.4, 0.5) is 4.39 Å². The number of sulfone groups is 1. The van der Waals surface area contributed by atoms with E-state index in [0.717, 1.165) is 17.5 Å². The number of hydrogen-bond acceptors (Lipinski definition) is 5. The summed E-state index contributed by atoms with van der Waals surface area (Å²) in [4.78, 5) is 4.02. The van der Waals surface area contributed by atoms with Gasteiger partial charge in [0.25, 0.3) is 0 Å². The molecule has 0 saturated carbocycles. The molecule has 3 N–H and O–H groups in total. The number of rotatable bonds is 6. The first-order valence-electron chi connectivity index (χ1n) is 10.2. The van der Waals surface area contributed by atoms with Gasteiger partial charge in [0.1, 0.15) is 16.8 Å². The monoisotopic (exact) mass is 463 g/mol. The van der Waals surface area contributed by atoms with Crippen molar-refractivity contribution in [2.24, 2.45) is 5.73 Å². The zero-order chi connectivity index (χ0) is 23.6. The van der Waals surface area contributed by atoms with E-state index in [-0.39, 0.29) is 5.03 Å². The number of nitrogens with zero attached hydrogens (tertiary/aromatic N) is 3. The van der Waals surface area contributed by atoms with Crippen molar-refractivity contribution in [1.29, 1.82) is 5.41 Å². The van der Waals surface area contributed by atoms with E-state index in [4.69, 9.17) is 11.1 Å². The number of nitrogens with two attached hydrogens (primary N) is 1. The van der Waals surface area contributed by atoms with Crippen molar-refractivity contribution < 1.29 is 12.8 Å². The van der Waals surface area contributed by atoms with Gasteiger partial charge in [-0.25, -0.2) is 12.8 Å². The fourth-order valence-corrected chi connectivity index (χ4v) is 5.70. The highest BCUT2D eigenvalue weighted by Gasteiger charge is 2.37. The van der Waals surface area contributed by atoms with Gasteiger partial charge in [0.2, 0.25) is 15.8 Å². The Morgan fingerprint density at radius 3 is 2.45 bits per heavy atom. The number of halogens is 1. The first kappa shape index (κ1) is 22.3. The average Bonchev–Trinajstić information content (AvgIpc) is 3.24. The summed E-state index contributed by atoms with van der Waals surface area (Å²) in [7, 11) is -4.21. The standard InChI is InChI=1S/C24H22FN5O2S/c1-2-20(16-8-10-19(25)11-9-16)33(31,32)23-21(17-6-4-3-5-7-17)22(29-30(23)24(26)27)18-12-14-28-15-13-18/h2,4,6-15,20H,1,3,5H2,(H3,26,27). The molecule has 2 aromatic heterocycles. The molecule has 1 aromatic carbocycles. The van der Waals surface area contributed by atoms with Crippen LogP contribution >= 0.6 is 0 Å². The Labute approximate surface area is 191 Å². The average molecular weight is 464 g/mol. The first-order valence-corrected chi connectivity index (χ1v) is 11.8. The number of hydrogen-bond donors (Lipinski definition) is 2. The Morgan fingerprint density at radius 1 is 1.18 bits per heavy atom. The number of allylic oxidation sites excluding steroid dienone is 4. The second-order valence-corrected chi connectivity index (χ2v) is 9.44. The second kappa shape index (κ2) is 8.95. The van der Waals surface area contributed by atoms with Crippen LogP contribution in [-0.4, -0.2) is 29.1 Å². The molecule has 2 heterocycles. The van der Waals surface area contributed by atoms with Crippen LogP contribution in [0.5, 0.6) is 0 Å². The molecule has 0 spiro atoms. The highest BCUT2D eigenvalue weighted by Crippen LogP contribution is 2.40. The Bertz CT molecular complexity index is 1370. The summed E-state index contributed by atoms with van der Waals surface area (Å²) in [6, 6.07) is 8.61. The Balaban J connectivity index is 2.04. The van der Waals surface area contributed by atoms with Gasteiger partial charge in [-0.05, 0) is 48.2 Å². The predicted octanol–water partition coefficient (Wildman–Crippen LogP) is 4.26. The van der Waals surface area contributed by atoms with Crippen LogP contribution in [0, 0.1) is 11.2 Å². The van der Waals surface area contributed by atoms with Gasteiger partial charge in [0, 0.05) is 23.5 Å². The molecule has 9 heteroatoms. The van der Waals surface area contributed by atoms with E-state index in [1.165, 1.54) is 30.3 Å².